The maximum Gasteiger partial charge on any atom is 0.271 e. The summed E-state index contributed by atoms with van der Waals surface area (Å²) in [4.78, 5) is 15.1. The lowest BCUT2D eigenvalue weighted by Crippen LogP contribution is -2.18. The molecule has 8 heteroatoms. The molecule has 0 bridgehead atoms. The van der Waals surface area contributed by atoms with E-state index in [4.69, 9.17) is 0 Å². The van der Waals surface area contributed by atoms with Crippen LogP contribution in [0.25, 0.3) is 11.0 Å². The highest BCUT2D eigenvalue weighted by molar-refractivity contribution is 7.90. The van der Waals surface area contributed by atoms with Crippen LogP contribution in [-0.4, -0.2) is 22.3 Å². The average molecular weight is 430 g/mol. The Morgan fingerprint density at radius 2 is 1.50 bits per heavy atom. The largest absolute Gasteiger partial charge is 0.271 e. The number of rotatable bonds is 6. The molecule has 0 aliphatic rings. The highest BCUT2D eigenvalue weighted by atomic mass is 32.2. The minimum absolute atomic E-state index is 0.0184. The van der Waals surface area contributed by atoms with E-state index in [-0.39, 0.29) is 33.9 Å². The zero-order valence-corrected chi connectivity index (χ0v) is 18.9. The fourth-order valence-electron chi connectivity index (χ4n) is 3.57. The van der Waals surface area contributed by atoms with Crippen molar-refractivity contribution >= 4 is 26.7 Å². The van der Waals surface area contributed by atoms with Crippen molar-refractivity contribution in [3.63, 3.8) is 0 Å². The van der Waals surface area contributed by atoms with E-state index in [0.717, 1.165) is 20.7 Å². The lowest BCUT2D eigenvalue weighted by atomic mass is 9.89. The summed E-state index contributed by atoms with van der Waals surface area (Å²) in [6, 6.07) is 7.98. The van der Waals surface area contributed by atoms with Crippen molar-refractivity contribution in [2.24, 2.45) is 0 Å². The molecule has 0 spiro atoms. The average Bonchev–Trinajstić information content (AvgIpc) is 3.10. The number of benzene rings is 2. The Morgan fingerprint density at radius 3 is 1.97 bits per heavy atom. The minimum Gasteiger partial charge on any atom is -0.258 e. The summed E-state index contributed by atoms with van der Waals surface area (Å²) >= 11 is 0. The van der Waals surface area contributed by atoms with Gasteiger partial charge in [0.2, 0.25) is 0 Å². The predicted molar refractivity (Wildman–Crippen MR) is 118 cm³/mol. The lowest BCUT2D eigenvalue weighted by molar-refractivity contribution is -0.384. The number of hydrogen-bond acceptors (Lipinski definition) is 5. The number of non-ortho nitro benzene ring substituents is 1. The number of nitro benzene ring substituents is 1. The van der Waals surface area contributed by atoms with Gasteiger partial charge >= 0.3 is 0 Å². The summed E-state index contributed by atoms with van der Waals surface area (Å²) < 4.78 is 28.8. The Morgan fingerprint density at radius 1 is 0.933 bits per heavy atom. The summed E-state index contributed by atoms with van der Waals surface area (Å²) in [6.07, 6.45) is 1.23. The van der Waals surface area contributed by atoms with Crippen molar-refractivity contribution < 1.29 is 13.3 Å². The molecule has 0 aliphatic heterocycles. The van der Waals surface area contributed by atoms with E-state index >= 15 is 0 Å². The smallest absolute Gasteiger partial charge is 0.258 e. The molecule has 0 saturated carbocycles. The van der Waals surface area contributed by atoms with E-state index < -0.39 is 14.9 Å². The summed E-state index contributed by atoms with van der Waals surface area (Å²) in [5.74, 6) is 0.221. The molecule has 160 valence electrons. The van der Waals surface area contributed by atoms with Gasteiger partial charge in [0, 0.05) is 12.1 Å². The number of aromatic nitrogens is 2. The highest BCUT2D eigenvalue weighted by Crippen LogP contribution is 2.37. The summed E-state index contributed by atoms with van der Waals surface area (Å²) in [6.45, 7) is 12.1. The Balaban J connectivity index is 2.38. The van der Waals surface area contributed by atoms with Gasteiger partial charge in [-0.3, -0.25) is 10.1 Å². The van der Waals surface area contributed by atoms with Crippen LogP contribution in [0.4, 0.5) is 5.69 Å². The van der Waals surface area contributed by atoms with E-state index in [1.54, 1.807) is 0 Å². The molecule has 0 atom stereocenters. The van der Waals surface area contributed by atoms with Gasteiger partial charge in [-0.25, -0.2) is 17.4 Å². The van der Waals surface area contributed by atoms with Crippen LogP contribution in [0.2, 0.25) is 0 Å². The first-order valence-corrected chi connectivity index (χ1v) is 11.4. The van der Waals surface area contributed by atoms with Gasteiger partial charge in [-0.1, -0.05) is 53.7 Å². The molecule has 1 aromatic heterocycles. The third-order valence-corrected chi connectivity index (χ3v) is 7.10. The number of imidazole rings is 1. The van der Waals surface area contributed by atoms with Crippen LogP contribution in [0.1, 0.15) is 76.0 Å². The lowest BCUT2D eigenvalue weighted by Gasteiger charge is -2.23. The molecule has 0 unspecified atom stereocenters. The first-order chi connectivity index (χ1) is 13.9. The normalized spacial score (nSPS) is 12.4. The fourth-order valence-corrected chi connectivity index (χ4v) is 5.52. The third kappa shape index (κ3) is 3.71. The van der Waals surface area contributed by atoms with Crippen LogP contribution in [-0.2, 0) is 10.0 Å². The molecular formula is C22H27N3O4S. The Labute approximate surface area is 177 Å². The van der Waals surface area contributed by atoms with Gasteiger partial charge in [0.05, 0.1) is 20.9 Å². The molecule has 30 heavy (non-hydrogen) atoms. The zero-order chi connectivity index (χ0) is 22.4. The monoisotopic (exact) mass is 429 g/mol. The number of nitro groups is 1. The second kappa shape index (κ2) is 7.83. The highest BCUT2D eigenvalue weighted by Gasteiger charge is 2.30. The van der Waals surface area contributed by atoms with Crippen LogP contribution in [0.3, 0.4) is 0 Å². The Kier molecular flexibility index (Phi) is 5.73. The molecule has 2 aromatic carbocycles. The van der Waals surface area contributed by atoms with Crippen LogP contribution in [0.15, 0.2) is 41.6 Å². The van der Waals surface area contributed by atoms with E-state index in [1.807, 2.05) is 39.8 Å². The van der Waals surface area contributed by atoms with Crippen molar-refractivity contribution in [3.8, 4) is 0 Å². The maximum atomic E-state index is 13.9. The molecule has 7 nitrogen and oxygen atoms in total. The molecular weight excluding hydrogens is 402 g/mol. The van der Waals surface area contributed by atoms with Gasteiger partial charge < -0.3 is 0 Å². The van der Waals surface area contributed by atoms with Crippen molar-refractivity contribution in [2.75, 3.05) is 0 Å². The summed E-state index contributed by atoms with van der Waals surface area (Å²) in [5.41, 5.74) is 2.99. The second-order valence-electron chi connectivity index (χ2n) is 8.47. The van der Waals surface area contributed by atoms with Gasteiger partial charge in [-0.2, -0.15) is 0 Å². The van der Waals surface area contributed by atoms with E-state index in [0.29, 0.717) is 5.52 Å². The standard InChI is InChI=1S/C22H27N3O4S/c1-13(2)16-9-18(14(3)4)22(19(10-16)15(5)6)30(28,29)24-12-23-20-8-7-17(25(26)27)11-21(20)24/h7-15H,1-6H3. The van der Waals surface area contributed by atoms with E-state index in [1.165, 1.54) is 24.5 Å². The SMILES string of the molecule is CC(C)c1cc(C(C)C)c(S(=O)(=O)n2cnc3ccc([N+](=O)[O-])cc32)c(C(C)C)c1. The number of hydrogen-bond donors (Lipinski definition) is 0. The maximum absolute atomic E-state index is 13.9. The quantitative estimate of drug-likeness (QED) is 0.378. The van der Waals surface area contributed by atoms with Crippen LogP contribution >= 0.6 is 0 Å². The van der Waals surface area contributed by atoms with Crippen molar-refractivity contribution in [2.45, 2.75) is 64.2 Å². The van der Waals surface area contributed by atoms with Gasteiger partial charge in [0.1, 0.15) is 6.33 Å². The number of fused-ring (bicyclic) bond motifs is 1. The summed E-state index contributed by atoms with van der Waals surface area (Å²) in [7, 11) is -4.03. The molecule has 0 fully saturated rings. The minimum atomic E-state index is -4.03. The van der Waals surface area contributed by atoms with Crippen molar-refractivity contribution in [1.29, 1.82) is 0 Å². The van der Waals surface area contributed by atoms with E-state index in [9.17, 15) is 18.5 Å². The number of nitrogens with zero attached hydrogens (tertiary/aromatic N) is 3. The van der Waals surface area contributed by atoms with Crippen LogP contribution in [0, 0.1) is 10.1 Å². The molecule has 0 aliphatic carbocycles. The first kappa shape index (κ1) is 22.0. The summed E-state index contributed by atoms with van der Waals surface area (Å²) in [5, 5.41) is 11.2. The van der Waals surface area contributed by atoms with Crippen LogP contribution < -0.4 is 0 Å². The van der Waals surface area contributed by atoms with Gasteiger partial charge in [0.25, 0.3) is 15.7 Å². The molecule has 0 amide bonds. The molecule has 0 N–H and O–H groups in total. The van der Waals surface area contributed by atoms with Crippen LogP contribution in [0.5, 0.6) is 0 Å². The molecule has 3 aromatic rings. The molecule has 0 saturated heterocycles. The second-order valence-corrected chi connectivity index (χ2v) is 10.2. The molecule has 1 heterocycles. The topological polar surface area (TPSA) is 95.1 Å². The van der Waals surface area contributed by atoms with Gasteiger partial charge in [-0.05, 0) is 40.5 Å². The molecule has 0 radical (unpaired) electrons. The third-order valence-electron chi connectivity index (χ3n) is 5.31. The van der Waals surface area contributed by atoms with Gasteiger partial charge in [-0.15, -0.1) is 0 Å². The zero-order valence-electron chi connectivity index (χ0n) is 18.1. The molecule has 3 rings (SSSR count). The van der Waals surface area contributed by atoms with Gasteiger partial charge in [0.15, 0.2) is 0 Å². The first-order valence-electron chi connectivity index (χ1n) is 10.00. The fraction of sp³-hybridized carbons (Fsp3) is 0.409. The Bertz CT molecular complexity index is 1200. The van der Waals surface area contributed by atoms with Crippen molar-refractivity contribution in [3.05, 3.63) is 63.5 Å². The predicted octanol–water partition coefficient (Wildman–Crippen LogP) is 5.55. The van der Waals surface area contributed by atoms with Crippen molar-refractivity contribution in [1.82, 2.24) is 8.96 Å². The van der Waals surface area contributed by atoms with E-state index in [2.05, 4.69) is 18.8 Å². The Hall–Kier alpha value is -2.74.